The normalized spacial score (nSPS) is 14.3. The average molecular weight is 528 g/mol. The van der Waals surface area contributed by atoms with E-state index < -0.39 is 0 Å². The van der Waals surface area contributed by atoms with E-state index in [4.69, 9.17) is 9.47 Å². The van der Waals surface area contributed by atoms with Crippen LogP contribution in [0.2, 0.25) is 0 Å². The Labute approximate surface area is 189 Å². The van der Waals surface area contributed by atoms with Crippen molar-refractivity contribution >= 4 is 43.8 Å². The topological polar surface area (TPSA) is 52.6 Å². The van der Waals surface area contributed by atoms with Crippen LogP contribution in [0.4, 0.5) is 0 Å². The van der Waals surface area contributed by atoms with E-state index in [0.29, 0.717) is 29.1 Å². The maximum atomic E-state index is 11.8. The molecule has 3 unspecified atom stereocenters. The Balaban J connectivity index is 3.50. The second-order valence-electron chi connectivity index (χ2n) is 7.64. The molecule has 0 N–H and O–H groups in total. The fourth-order valence-corrected chi connectivity index (χ4v) is 3.30. The van der Waals surface area contributed by atoms with Gasteiger partial charge in [-0.3, -0.25) is 9.59 Å². The maximum Gasteiger partial charge on any atom is 0.306 e. The Morgan fingerprint density at radius 3 is 1.79 bits per heavy atom. The number of carbonyl (C=O) groups is 2. The highest BCUT2D eigenvalue weighted by Crippen LogP contribution is 2.15. The lowest BCUT2D eigenvalue weighted by Crippen LogP contribution is -2.17. The van der Waals surface area contributed by atoms with Crippen LogP contribution in [0.1, 0.15) is 104 Å². The van der Waals surface area contributed by atoms with E-state index in [1.807, 2.05) is 13.8 Å². The molecule has 0 aliphatic carbocycles. The van der Waals surface area contributed by atoms with Gasteiger partial charge in [-0.25, -0.2) is 0 Å². The molecule has 0 aromatic rings. The lowest BCUT2D eigenvalue weighted by atomic mass is 10.1. The number of unbranched alkanes of at least 4 members (excludes halogenated alkanes) is 6. The third-order valence-electron chi connectivity index (χ3n) is 4.68. The fourth-order valence-electron chi connectivity index (χ4n) is 2.84. The summed E-state index contributed by atoms with van der Waals surface area (Å²) >= 11 is 6.89. The minimum atomic E-state index is -0.0841. The highest BCUT2D eigenvalue weighted by atomic mass is 79.9. The van der Waals surface area contributed by atoms with Gasteiger partial charge in [0.2, 0.25) is 0 Å². The molecule has 0 saturated heterocycles. The molecule has 0 aliphatic heterocycles. The van der Waals surface area contributed by atoms with Crippen molar-refractivity contribution in [2.24, 2.45) is 0 Å². The molecule has 0 aromatic carbocycles. The van der Waals surface area contributed by atoms with Gasteiger partial charge >= 0.3 is 11.9 Å². The molecule has 0 aromatic heterocycles. The molecule has 166 valence electrons. The lowest BCUT2D eigenvalue weighted by Gasteiger charge is -2.16. The van der Waals surface area contributed by atoms with E-state index in [2.05, 4.69) is 38.8 Å². The average Bonchev–Trinajstić information content (AvgIpc) is 2.65. The number of carbonyl (C=O) groups excluding carboxylic acids is 2. The zero-order valence-electron chi connectivity index (χ0n) is 18.0. The number of hydrogen-bond donors (Lipinski definition) is 0. The Hall–Kier alpha value is -0.100. The third kappa shape index (κ3) is 19.2. The molecular weight excluding hydrogens is 488 g/mol. The van der Waals surface area contributed by atoms with Crippen LogP contribution < -0.4 is 0 Å². The molecule has 0 heterocycles. The molecule has 6 heteroatoms. The molecular formula is C22H40Br2O4. The summed E-state index contributed by atoms with van der Waals surface area (Å²) in [6.07, 6.45) is 12.6. The largest absolute Gasteiger partial charge is 0.466 e. The highest BCUT2D eigenvalue weighted by Gasteiger charge is 2.13. The number of esters is 2. The molecule has 0 aliphatic rings. The van der Waals surface area contributed by atoms with Gasteiger partial charge < -0.3 is 9.47 Å². The molecule has 0 amide bonds. The monoisotopic (exact) mass is 526 g/mol. The van der Waals surface area contributed by atoms with Crippen molar-refractivity contribution in [1.29, 1.82) is 0 Å². The van der Waals surface area contributed by atoms with Crippen LogP contribution in [0.15, 0.2) is 0 Å². The first-order valence-electron chi connectivity index (χ1n) is 11.0. The molecule has 0 rings (SSSR count). The first-order valence-corrected chi connectivity index (χ1v) is 12.8. The molecule has 28 heavy (non-hydrogen) atoms. The van der Waals surface area contributed by atoms with Crippen molar-refractivity contribution in [3.05, 3.63) is 0 Å². The van der Waals surface area contributed by atoms with E-state index in [1.165, 1.54) is 25.7 Å². The summed E-state index contributed by atoms with van der Waals surface area (Å²) in [4.78, 5) is 24.0. The minimum Gasteiger partial charge on any atom is -0.466 e. The van der Waals surface area contributed by atoms with E-state index in [1.54, 1.807) is 0 Å². The predicted molar refractivity (Wildman–Crippen MR) is 123 cm³/mol. The molecule has 0 spiro atoms. The van der Waals surface area contributed by atoms with Crippen LogP contribution in [0.5, 0.6) is 0 Å². The smallest absolute Gasteiger partial charge is 0.306 e. The first-order chi connectivity index (χ1) is 13.3. The Kier molecular flexibility index (Phi) is 18.8. The van der Waals surface area contributed by atoms with Crippen LogP contribution in [-0.2, 0) is 19.1 Å². The SMILES string of the molecule is CCC(CCCCCCCCCOC(=O)CCC(C)Br)OC(=O)CCC(C)Br. The van der Waals surface area contributed by atoms with Crippen molar-refractivity contribution in [3.63, 3.8) is 0 Å². The summed E-state index contributed by atoms with van der Waals surface area (Å²) in [5.41, 5.74) is 0. The van der Waals surface area contributed by atoms with E-state index >= 15 is 0 Å². The van der Waals surface area contributed by atoms with Gasteiger partial charge in [0.05, 0.1) is 6.61 Å². The zero-order chi connectivity index (χ0) is 21.2. The Morgan fingerprint density at radius 2 is 1.25 bits per heavy atom. The van der Waals surface area contributed by atoms with E-state index in [9.17, 15) is 9.59 Å². The lowest BCUT2D eigenvalue weighted by molar-refractivity contribution is -0.149. The van der Waals surface area contributed by atoms with Gasteiger partial charge in [-0.2, -0.15) is 0 Å². The highest BCUT2D eigenvalue weighted by molar-refractivity contribution is 9.09. The fraction of sp³-hybridized carbons (Fsp3) is 0.909. The summed E-state index contributed by atoms with van der Waals surface area (Å²) in [6, 6.07) is 0. The van der Waals surface area contributed by atoms with Crippen LogP contribution >= 0.6 is 31.9 Å². The van der Waals surface area contributed by atoms with Gasteiger partial charge in [0.25, 0.3) is 0 Å². The van der Waals surface area contributed by atoms with Crippen LogP contribution in [0.3, 0.4) is 0 Å². The summed E-state index contributed by atoms with van der Waals surface area (Å²) < 4.78 is 10.8. The summed E-state index contributed by atoms with van der Waals surface area (Å²) in [7, 11) is 0. The van der Waals surface area contributed by atoms with Crippen molar-refractivity contribution in [3.8, 4) is 0 Å². The van der Waals surface area contributed by atoms with Gasteiger partial charge in [0.1, 0.15) is 6.10 Å². The standard InChI is InChI=1S/C22H40Br2O4/c1-4-20(28-22(26)16-14-19(3)24)12-10-8-6-5-7-9-11-17-27-21(25)15-13-18(2)23/h18-20H,4-17H2,1-3H3. The maximum absolute atomic E-state index is 11.8. The van der Waals surface area contributed by atoms with Crippen LogP contribution in [0, 0.1) is 0 Å². The number of hydrogen-bond acceptors (Lipinski definition) is 4. The predicted octanol–water partition coefficient (Wildman–Crippen LogP) is 7.10. The summed E-state index contributed by atoms with van der Waals surface area (Å²) in [5, 5.41) is 0. The van der Waals surface area contributed by atoms with Gasteiger partial charge in [-0.05, 0) is 38.5 Å². The Bertz CT molecular complexity index is 400. The molecule has 0 saturated carbocycles. The first kappa shape index (κ1) is 27.9. The second kappa shape index (κ2) is 18.9. The van der Waals surface area contributed by atoms with Crippen LogP contribution in [0.25, 0.3) is 0 Å². The van der Waals surface area contributed by atoms with Gasteiger partial charge in [0.15, 0.2) is 0 Å². The van der Waals surface area contributed by atoms with Gasteiger partial charge in [-0.15, -0.1) is 0 Å². The van der Waals surface area contributed by atoms with E-state index in [-0.39, 0.29) is 18.0 Å². The summed E-state index contributed by atoms with van der Waals surface area (Å²) in [5.74, 6) is -0.153. The minimum absolute atomic E-state index is 0.0689. The number of ether oxygens (including phenoxy) is 2. The number of alkyl halides is 2. The van der Waals surface area contributed by atoms with Crippen molar-refractivity contribution < 1.29 is 19.1 Å². The van der Waals surface area contributed by atoms with Crippen molar-refractivity contribution in [1.82, 2.24) is 0 Å². The molecule has 0 fully saturated rings. The summed E-state index contributed by atoms with van der Waals surface area (Å²) in [6.45, 7) is 6.71. The molecule has 0 bridgehead atoms. The van der Waals surface area contributed by atoms with Crippen molar-refractivity contribution in [2.75, 3.05) is 6.61 Å². The quantitative estimate of drug-likeness (QED) is 0.108. The molecule has 3 atom stereocenters. The van der Waals surface area contributed by atoms with Crippen molar-refractivity contribution in [2.45, 2.75) is 120 Å². The number of halogens is 2. The van der Waals surface area contributed by atoms with Gasteiger partial charge in [-0.1, -0.05) is 84.7 Å². The van der Waals surface area contributed by atoms with Gasteiger partial charge in [0, 0.05) is 22.5 Å². The molecule has 0 radical (unpaired) electrons. The Morgan fingerprint density at radius 1 is 0.750 bits per heavy atom. The van der Waals surface area contributed by atoms with E-state index in [0.717, 1.165) is 44.9 Å². The third-order valence-corrected chi connectivity index (χ3v) is 5.60. The molecule has 4 nitrogen and oxygen atoms in total. The van der Waals surface area contributed by atoms with Crippen LogP contribution in [-0.4, -0.2) is 34.3 Å². The second-order valence-corrected chi connectivity index (χ2v) is 10.8. The number of rotatable bonds is 18. The zero-order valence-corrected chi connectivity index (χ0v) is 21.2.